The molecule has 2 aromatic heterocycles. The smallest absolute Gasteiger partial charge is 0.380 e. The maximum Gasteiger partial charge on any atom is 0.449 e. The van der Waals surface area contributed by atoms with E-state index in [0.29, 0.717) is 0 Å². The Morgan fingerprint density at radius 1 is 1.35 bits per heavy atom. The van der Waals surface area contributed by atoms with E-state index in [2.05, 4.69) is 19.9 Å². The molecule has 0 saturated carbocycles. The quantitative estimate of drug-likeness (QED) is 0.723. The van der Waals surface area contributed by atoms with Crippen LogP contribution in [0.1, 0.15) is 18.7 Å². The van der Waals surface area contributed by atoms with Gasteiger partial charge >= 0.3 is 6.18 Å². The van der Waals surface area contributed by atoms with E-state index in [0.717, 1.165) is 6.33 Å². The summed E-state index contributed by atoms with van der Waals surface area (Å²) >= 11 is 0. The molecular weight excluding hydrogens is 317 g/mol. The first-order valence-electron chi connectivity index (χ1n) is 6.76. The Morgan fingerprint density at radius 2 is 2.00 bits per heavy atom. The molecule has 4 N–H and O–H groups in total. The molecule has 2 aromatic rings. The fraction of sp³-hybridized carbons (Fsp3) is 0.500. The standard InChI is InChI=1S/C12H13F3N6O2/c13-12(14,15)10-19-6-7(20-10)17-5-18-8(6)21-3-1-11(23,2-4-21)9(16)22/h5,23H,1-4H2,(H2,16,22)(H,17,18,19,20). The van der Waals surface area contributed by atoms with Crippen molar-refractivity contribution in [3.8, 4) is 0 Å². The third-order valence-electron chi connectivity index (χ3n) is 3.89. The zero-order chi connectivity index (χ0) is 16.8. The highest BCUT2D eigenvalue weighted by Crippen LogP contribution is 2.32. The molecule has 23 heavy (non-hydrogen) atoms. The number of aromatic nitrogens is 4. The van der Waals surface area contributed by atoms with Gasteiger partial charge in [-0.2, -0.15) is 13.2 Å². The molecule has 0 atom stereocenters. The molecule has 1 saturated heterocycles. The van der Waals surface area contributed by atoms with Gasteiger partial charge in [-0.1, -0.05) is 0 Å². The van der Waals surface area contributed by atoms with Gasteiger partial charge < -0.3 is 20.7 Å². The fourth-order valence-corrected chi connectivity index (χ4v) is 2.53. The van der Waals surface area contributed by atoms with Crippen LogP contribution in [0.15, 0.2) is 6.33 Å². The number of H-pyrrole nitrogens is 1. The number of anilines is 1. The van der Waals surface area contributed by atoms with Crippen LogP contribution in [-0.4, -0.2) is 49.6 Å². The van der Waals surface area contributed by atoms with Gasteiger partial charge in [0.2, 0.25) is 11.7 Å². The van der Waals surface area contributed by atoms with Crippen LogP contribution in [0.2, 0.25) is 0 Å². The van der Waals surface area contributed by atoms with Crippen LogP contribution in [0.3, 0.4) is 0 Å². The predicted molar refractivity (Wildman–Crippen MR) is 72.3 cm³/mol. The van der Waals surface area contributed by atoms with Gasteiger partial charge in [0.05, 0.1) is 0 Å². The zero-order valence-corrected chi connectivity index (χ0v) is 11.8. The number of fused-ring (bicyclic) bond motifs is 1. The molecule has 0 bridgehead atoms. The second-order valence-electron chi connectivity index (χ2n) is 5.36. The molecule has 0 radical (unpaired) electrons. The van der Waals surface area contributed by atoms with E-state index in [4.69, 9.17) is 5.73 Å². The molecule has 124 valence electrons. The monoisotopic (exact) mass is 330 g/mol. The highest BCUT2D eigenvalue weighted by molar-refractivity contribution is 5.85. The molecule has 1 aliphatic rings. The molecule has 8 nitrogen and oxygen atoms in total. The Kier molecular flexibility index (Phi) is 3.39. The van der Waals surface area contributed by atoms with Gasteiger partial charge in [0, 0.05) is 25.9 Å². The van der Waals surface area contributed by atoms with Crippen LogP contribution < -0.4 is 10.6 Å². The molecule has 0 spiro atoms. The first-order valence-corrected chi connectivity index (χ1v) is 6.76. The Bertz CT molecular complexity index is 751. The van der Waals surface area contributed by atoms with Crippen molar-refractivity contribution in [2.75, 3.05) is 18.0 Å². The molecule has 1 amide bonds. The summed E-state index contributed by atoms with van der Waals surface area (Å²) in [7, 11) is 0. The molecule has 3 heterocycles. The van der Waals surface area contributed by atoms with E-state index in [1.54, 1.807) is 4.90 Å². The zero-order valence-electron chi connectivity index (χ0n) is 11.8. The number of hydrogen-bond acceptors (Lipinski definition) is 6. The fourth-order valence-electron chi connectivity index (χ4n) is 2.53. The van der Waals surface area contributed by atoms with Crippen molar-refractivity contribution in [1.82, 2.24) is 19.9 Å². The first-order chi connectivity index (χ1) is 10.7. The number of halogens is 3. The van der Waals surface area contributed by atoms with Crippen LogP contribution in [0.25, 0.3) is 11.2 Å². The molecular formula is C12H13F3N6O2. The Hall–Kier alpha value is -2.43. The van der Waals surface area contributed by atoms with Crippen molar-refractivity contribution in [2.24, 2.45) is 5.73 Å². The third kappa shape index (κ3) is 2.67. The lowest BCUT2D eigenvalue weighted by Crippen LogP contribution is -2.52. The molecule has 1 fully saturated rings. The molecule has 0 unspecified atom stereocenters. The first kappa shape index (κ1) is 15.5. The minimum absolute atomic E-state index is 0.0596. The van der Waals surface area contributed by atoms with Crippen molar-refractivity contribution < 1.29 is 23.1 Å². The highest BCUT2D eigenvalue weighted by atomic mass is 19.4. The van der Waals surface area contributed by atoms with Gasteiger partial charge in [0.25, 0.3) is 0 Å². The van der Waals surface area contributed by atoms with Gasteiger partial charge in [-0.05, 0) is 0 Å². The number of primary amides is 1. The number of hydrogen-bond donors (Lipinski definition) is 3. The largest absolute Gasteiger partial charge is 0.449 e. The molecule has 3 rings (SSSR count). The summed E-state index contributed by atoms with van der Waals surface area (Å²) in [5.41, 5.74) is 3.51. The summed E-state index contributed by atoms with van der Waals surface area (Å²) in [5, 5.41) is 10.0. The number of carbonyl (C=O) groups excluding carboxylic acids is 1. The van der Waals surface area contributed by atoms with Gasteiger partial charge in [0.15, 0.2) is 11.5 Å². The number of nitrogens with zero attached hydrogens (tertiary/aromatic N) is 4. The van der Waals surface area contributed by atoms with Crippen LogP contribution in [-0.2, 0) is 11.0 Å². The lowest BCUT2D eigenvalue weighted by atomic mass is 9.91. The van der Waals surface area contributed by atoms with Gasteiger partial charge in [0.1, 0.15) is 17.4 Å². The molecule has 1 aliphatic heterocycles. The van der Waals surface area contributed by atoms with Crippen LogP contribution in [0.5, 0.6) is 0 Å². The lowest BCUT2D eigenvalue weighted by molar-refractivity contribution is -0.144. The number of piperidine rings is 1. The number of rotatable bonds is 2. The van der Waals surface area contributed by atoms with Crippen LogP contribution in [0, 0.1) is 0 Å². The number of aliphatic hydroxyl groups is 1. The average molecular weight is 330 g/mol. The predicted octanol–water partition coefficient (Wildman–Crippen LogP) is 0.188. The Morgan fingerprint density at radius 3 is 2.57 bits per heavy atom. The van der Waals surface area contributed by atoms with Crippen molar-refractivity contribution >= 4 is 22.9 Å². The summed E-state index contributed by atoms with van der Waals surface area (Å²) in [5.74, 6) is -1.73. The van der Waals surface area contributed by atoms with E-state index < -0.39 is 23.5 Å². The molecule has 0 aromatic carbocycles. The van der Waals surface area contributed by atoms with E-state index >= 15 is 0 Å². The maximum absolute atomic E-state index is 12.8. The van der Waals surface area contributed by atoms with Crippen LogP contribution >= 0.6 is 0 Å². The maximum atomic E-state index is 12.8. The van der Waals surface area contributed by atoms with Crippen LogP contribution in [0.4, 0.5) is 19.0 Å². The van der Waals surface area contributed by atoms with Crippen molar-refractivity contribution in [3.05, 3.63) is 12.2 Å². The average Bonchev–Trinajstić information content (AvgIpc) is 2.92. The normalized spacial score (nSPS) is 18.3. The summed E-state index contributed by atoms with van der Waals surface area (Å²) in [6.45, 7) is 0.428. The number of imidazole rings is 1. The van der Waals surface area contributed by atoms with E-state index in [9.17, 15) is 23.1 Å². The van der Waals surface area contributed by atoms with Crippen molar-refractivity contribution in [1.29, 1.82) is 0 Å². The topological polar surface area (TPSA) is 121 Å². The number of nitrogens with one attached hydrogen (secondary N) is 1. The van der Waals surface area contributed by atoms with Crippen molar-refractivity contribution in [2.45, 2.75) is 24.6 Å². The van der Waals surface area contributed by atoms with Gasteiger partial charge in [-0.3, -0.25) is 4.79 Å². The second-order valence-corrected chi connectivity index (χ2v) is 5.36. The van der Waals surface area contributed by atoms with Gasteiger partial charge in [-0.25, -0.2) is 15.0 Å². The number of amides is 1. The number of nitrogens with two attached hydrogens (primary N) is 1. The summed E-state index contributed by atoms with van der Waals surface area (Å²) in [6, 6.07) is 0. The lowest BCUT2D eigenvalue weighted by Gasteiger charge is -2.36. The number of aromatic amines is 1. The Labute approximate surface area is 127 Å². The van der Waals surface area contributed by atoms with Gasteiger partial charge in [-0.15, -0.1) is 0 Å². The minimum atomic E-state index is -4.62. The van der Waals surface area contributed by atoms with E-state index in [-0.39, 0.29) is 42.9 Å². The highest BCUT2D eigenvalue weighted by Gasteiger charge is 2.39. The molecule has 11 heteroatoms. The number of carbonyl (C=O) groups is 1. The summed E-state index contributed by atoms with van der Waals surface area (Å²) in [6.07, 6.45) is -3.37. The van der Waals surface area contributed by atoms with E-state index in [1.165, 1.54) is 0 Å². The van der Waals surface area contributed by atoms with Crippen molar-refractivity contribution in [3.63, 3.8) is 0 Å². The minimum Gasteiger partial charge on any atom is -0.380 e. The van der Waals surface area contributed by atoms with E-state index in [1.807, 2.05) is 0 Å². The number of alkyl halides is 3. The second kappa shape index (κ2) is 5.05. The Balaban J connectivity index is 1.92. The summed E-state index contributed by atoms with van der Waals surface area (Å²) in [4.78, 5) is 26.2. The molecule has 0 aliphatic carbocycles. The summed E-state index contributed by atoms with van der Waals surface area (Å²) < 4.78 is 38.3. The SMILES string of the molecule is NC(=O)C1(O)CCN(c2ncnc3nc(C(F)(F)F)[nH]c23)CC1. The third-order valence-corrected chi connectivity index (χ3v) is 3.89.